The Bertz CT molecular complexity index is 192. The van der Waals surface area contributed by atoms with Crippen LogP contribution in [0.1, 0.15) is 71.6 Å². The van der Waals surface area contributed by atoms with E-state index in [9.17, 15) is 15.0 Å². The van der Waals surface area contributed by atoms with Gasteiger partial charge in [0.2, 0.25) is 0 Å². The van der Waals surface area contributed by atoms with E-state index in [4.69, 9.17) is 0 Å². The fraction of sp³-hybridized carbons (Fsp3) is 0.929. The lowest BCUT2D eigenvalue weighted by Gasteiger charge is -2.12. The van der Waals surface area contributed by atoms with Gasteiger partial charge in [0.1, 0.15) is 12.2 Å². The first kappa shape index (κ1) is 16.6. The zero-order chi connectivity index (χ0) is 13.1. The zero-order valence-electron chi connectivity index (χ0n) is 11.3. The highest BCUT2D eigenvalue weighted by Gasteiger charge is 2.21. The van der Waals surface area contributed by atoms with Gasteiger partial charge in [-0.05, 0) is 12.8 Å². The minimum atomic E-state index is -0.991. The van der Waals surface area contributed by atoms with Crippen molar-refractivity contribution in [1.82, 2.24) is 0 Å². The van der Waals surface area contributed by atoms with Gasteiger partial charge >= 0.3 is 0 Å². The van der Waals surface area contributed by atoms with Crippen molar-refractivity contribution in [2.75, 3.05) is 0 Å². The Morgan fingerprint density at radius 3 is 1.94 bits per heavy atom. The minimum Gasteiger partial charge on any atom is -0.385 e. The molecule has 102 valence electrons. The first-order valence-electron chi connectivity index (χ1n) is 7.03. The molecule has 0 aromatic rings. The van der Waals surface area contributed by atoms with E-state index in [1.807, 2.05) is 0 Å². The third-order valence-corrected chi connectivity index (χ3v) is 3.12. The zero-order valence-corrected chi connectivity index (χ0v) is 11.3. The van der Waals surface area contributed by atoms with Gasteiger partial charge in [0.15, 0.2) is 5.78 Å². The van der Waals surface area contributed by atoms with Crippen LogP contribution in [-0.2, 0) is 4.79 Å². The van der Waals surface area contributed by atoms with Crippen molar-refractivity contribution >= 4 is 5.78 Å². The normalized spacial score (nSPS) is 14.6. The van der Waals surface area contributed by atoms with Gasteiger partial charge in [-0.1, -0.05) is 58.8 Å². The Hall–Kier alpha value is -0.410. The van der Waals surface area contributed by atoms with Gasteiger partial charge in [0.25, 0.3) is 0 Å². The molecule has 0 aliphatic rings. The molecule has 0 fully saturated rings. The smallest absolute Gasteiger partial charge is 0.189 e. The molecule has 0 radical (unpaired) electrons. The summed E-state index contributed by atoms with van der Waals surface area (Å²) in [5.41, 5.74) is 0. The molecule has 0 amide bonds. The van der Waals surface area contributed by atoms with Crippen LogP contribution < -0.4 is 0 Å². The van der Waals surface area contributed by atoms with Crippen LogP contribution in [0.5, 0.6) is 0 Å². The summed E-state index contributed by atoms with van der Waals surface area (Å²) < 4.78 is 0. The van der Waals surface area contributed by atoms with Crippen LogP contribution in [0.3, 0.4) is 0 Å². The quantitative estimate of drug-likeness (QED) is 0.549. The minimum absolute atomic E-state index is 0.382. The van der Waals surface area contributed by atoms with E-state index in [-0.39, 0.29) is 0 Å². The second-order valence-corrected chi connectivity index (χ2v) is 4.75. The summed E-state index contributed by atoms with van der Waals surface area (Å²) in [6, 6.07) is 0. The van der Waals surface area contributed by atoms with Crippen molar-refractivity contribution in [2.24, 2.45) is 0 Å². The number of rotatable bonds is 11. The van der Waals surface area contributed by atoms with E-state index in [1.54, 1.807) is 6.92 Å². The number of ketones is 1. The average Bonchev–Trinajstić information content (AvgIpc) is 2.35. The van der Waals surface area contributed by atoms with E-state index in [2.05, 4.69) is 6.92 Å². The Morgan fingerprint density at radius 1 is 0.882 bits per heavy atom. The van der Waals surface area contributed by atoms with Crippen LogP contribution in [0.15, 0.2) is 0 Å². The molecule has 3 nitrogen and oxygen atoms in total. The molecule has 0 aromatic carbocycles. The summed E-state index contributed by atoms with van der Waals surface area (Å²) in [7, 11) is 0. The molecule has 2 N–H and O–H groups in total. The van der Waals surface area contributed by atoms with Crippen LogP contribution in [0.25, 0.3) is 0 Å². The fourth-order valence-corrected chi connectivity index (χ4v) is 1.86. The number of carbonyl (C=O) groups excluding carboxylic acids is 1. The van der Waals surface area contributed by atoms with Crippen LogP contribution in [-0.4, -0.2) is 28.2 Å². The van der Waals surface area contributed by atoms with Crippen LogP contribution in [0.2, 0.25) is 0 Å². The second-order valence-electron chi connectivity index (χ2n) is 4.75. The molecule has 0 aliphatic heterocycles. The number of aliphatic hydroxyl groups excluding tert-OH is 2. The molecule has 0 aliphatic carbocycles. The highest BCUT2D eigenvalue weighted by Crippen LogP contribution is 2.11. The van der Waals surface area contributed by atoms with Crippen molar-refractivity contribution in [3.05, 3.63) is 0 Å². The third-order valence-electron chi connectivity index (χ3n) is 3.12. The maximum atomic E-state index is 11.4. The van der Waals surface area contributed by atoms with Gasteiger partial charge in [0, 0.05) is 0 Å². The number of aliphatic hydroxyl groups is 2. The molecule has 0 heterocycles. The Morgan fingerprint density at radius 2 is 1.41 bits per heavy atom. The number of unbranched alkanes of at least 4 members (excludes halogenated alkanes) is 6. The lowest BCUT2D eigenvalue weighted by Crippen LogP contribution is -2.31. The monoisotopic (exact) mass is 244 g/mol. The second kappa shape index (κ2) is 10.7. The summed E-state index contributed by atoms with van der Waals surface area (Å²) in [4.78, 5) is 11.4. The molecule has 3 heteroatoms. The van der Waals surface area contributed by atoms with Crippen LogP contribution in [0.4, 0.5) is 0 Å². The number of Topliss-reactive ketones (excluding diaryl/α,β-unsaturated/α-hetero) is 1. The molecule has 0 spiro atoms. The molecule has 0 bridgehead atoms. The van der Waals surface area contributed by atoms with Crippen molar-refractivity contribution in [1.29, 1.82) is 0 Å². The van der Waals surface area contributed by atoms with Crippen molar-refractivity contribution in [2.45, 2.75) is 83.8 Å². The molecule has 17 heavy (non-hydrogen) atoms. The summed E-state index contributed by atoms with van der Waals surface area (Å²) in [6.07, 6.45) is 7.10. The molecule has 0 saturated carbocycles. The maximum absolute atomic E-state index is 11.4. The lowest BCUT2D eigenvalue weighted by molar-refractivity contribution is -0.136. The predicted molar refractivity (Wildman–Crippen MR) is 69.9 cm³/mol. The molecule has 2 unspecified atom stereocenters. The first-order chi connectivity index (χ1) is 8.13. The third kappa shape index (κ3) is 8.33. The van der Waals surface area contributed by atoms with E-state index < -0.39 is 18.0 Å². The van der Waals surface area contributed by atoms with Gasteiger partial charge < -0.3 is 10.2 Å². The van der Waals surface area contributed by atoms with Gasteiger partial charge in [-0.3, -0.25) is 4.79 Å². The van der Waals surface area contributed by atoms with Gasteiger partial charge in [-0.15, -0.1) is 0 Å². The number of hydrogen-bond acceptors (Lipinski definition) is 3. The molecule has 0 aromatic heterocycles. The maximum Gasteiger partial charge on any atom is 0.189 e. The Labute approximate surface area is 105 Å². The summed E-state index contributed by atoms with van der Waals surface area (Å²) >= 11 is 0. The van der Waals surface area contributed by atoms with Crippen molar-refractivity contribution in [3.63, 3.8) is 0 Å². The average molecular weight is 244 g/mol. The Balaban J connectivity index is 3.44. The summed E-state index contributed by atoms with van der Waals surface area (Å²) in [6.45, 7) is 3.93. The van der Waals surface area contributed by atoms with Gasteiger partial charge in [0.05, 0.1) is 0 Å². The van der Waals surface area contributed by atoms with Crippen molar-refractivity contribution in [3.8, 4) is 0 Å². The molecule has 0 saturated heterocycles. The standard InChI is InChI=1S/C14H28O3/c1-3-5-6-7-8-9-10-11-13(16)14(17)12(15)4-2/h12-13,15-16H,3-11H2,1-2H3. The van der Waals surface area contributed by atoms with Gasteiger partial charge in [-0.2, -0.15) is 0 Å². The fourth-order valence-electron chi connectivity index (χ4n) is 1.86. The van der Waals surface area contributed by atoms with E-state index >= 15 is 0 Å². The molecular formula is C14H28O3. The number of hydrogen-bond donors (Lipinski definition) is 2. The highest BCUT2D eigenvalue weighted by atomic mass is 16.3. The van der Waals surface area contributed by atoms with Gasteiger partial charge in [-0.25, -0.2) is 0 Å². The molecule has 2 atom stereocenters. The SMILES string of the molecule is CCCCCCCCCC(O)C(=O)C(O)CC. The predicted octanol–water partition coefficient (Wildman–Crippen LogP) is 2.83. The largest absolute Gasteiger partial charge is 0.385 e. The van der Waals surface area contributed by atoms with Crippen LogP contribution in [0, 0.1) is 0 Å². The van der Waals surface area contributed by atoms with E-state index in [0.29, 0.717) is 12.8 Å². The molecule has 0 rings (SSSR count). The lowest BCUT2D eigenvalue weighted by atomic mass is 10.0. The summed E-state index contributed by atoms with van der Waals surface area (Å²) in [5.74, 6) is -0.418. The highest BCUT2D eigenvalue weighted by molar-refractivity contribution is 5.86. The van der Waals surface area contributed by atoms with Crippen molar-refractivity contribution < 1.29 is 15.0 Å². The topological polar surface area (TPSA) is 57.5 Å². The summed E-state index contributed by atoms with van der Waals surface area (Å²) in [5, 5.41) is 18.8. The molecular weight excluding hydrogens is 216 g/mol. The first-order valence-corrected chi connectivity index (χ1v) is 7.03. The van der Waals surface area contributed by atoms with Crippen LogP contribution >= 0.6 is 0 Å². The van der Waals surface area contributed by atoms with E-state index in [0.717, 1.165) is 12.8 Å². The van der Waals surface area contributed by atoms with E-state index in [1.165, 1.54) is 32.1 Å². The Kier molecular flexibility index (Phi) is 10.5. The number of carbonyl (C=O) groups is 1.